The third-order valence-corrected chi connectivity index (χ3v) is 3.28. The summed E-state index contributed by atoms with van der Waals surface area (Å²) in [5.74, 6) is 0. The van der Waals surface area contributed by atoms with Crippen molar-refractivity contribution in [3.8, 4) is 0 Å². The molecule has 0 fully saturated rings. The monoisotopic (exact) mass is 263 g/mol. The summed E-state index contributed by atoms with van der Waals surface area (Å²) in [4.78, 5) is 6.50. The second kappa shape index (κ2) is 5.72. The highest BCUT2D eigenvalue weighted by molar-refractivity contribution is 5.74. The van der Waals surface area contributed by atoms with Crippen molar-refractivity contribution in [1.29, 1.82) is 0 Å². The third kappa shape index (κ3) is 2.78. The summed E-state index contributed by atoms with van der Waals surface area (Å²) < 4.78 is 0. The Balaban J connectivity index is 1.84. The summed E-state index contributed by atoms with van der Waals surface area (Å²) in [6.07, 6.45) is 4.43. The zero-order valence-electron chi connectivity index (χ0n) is 11.2. The molecule has 0 saturated heterocycles. The standard InChI is InChI=1S/C17H17N3/c18-17-12-19-15(11-14-7-3-1-4-8-14)13-20(17)16-9-5-2-6-10-16/h1-10,12-13,17H,11,18H2. The van der Waals surface area contributed by atoms with E-state index in [0.29, 0.717) is 0 Å². The molecule has 1 aliphatic rings. The summed E-state index contributed by atoms with van der Waals surface area (Å²) in [5, 5.41) is 0. The maximum atomic E-state index is 6.10. The molecule has 0 aromatic heterocycles. The second-order valence-corrected chi connectivity index (χ2v) is 4.79. The van der Waals surface area contributed by atoms with E-state index in [4.69, 9.17) is 5.73 Å². The van der Waals surface area contributed by atoms with Crippen LogP contribution in [0.4, 0.5) is 5.69 Å². The Bertz CT molecular complexity index is 617. The lowest BCUT2D eigenvalue weighted by molar-refractivity contribution is 0.837. The van der Waals surface area contributed by atoms with Crippen LogP contribution in [0.2, 0.25) is 0 Å². The molecular formula is C17H17N3. The van der Waals surface area contributed by atoms with Gasteiger partial charge in [0, 0.05) is 24.5 Å². The van der Waals surface area contributed by atoms with Gasteiger partial charge < -0.3 is 10.6 Å². The number of benzene rings is 2. The lowest BCUT2D eigenvalue weighted by atomic mass is 10.1. The number of nitrogens with zero attached hydrogens (tertiary/aromatic N) is 2. The Kier molecular flexibility index (Phi) is 3.61. The molecule has 0 amide bonds. The number of hydrogen-bond donors (Lipinski definition) is 1. The van der Waals surface area contributed by atoms with Crippen molar-refractivity contribution in [3.05, 3.63) is 78.1 Å². The van der Waals surface area contributed by atoms with E-state index in [1.807, 2.05) is 47.5 Å². The normalized spacial score (nSPS) is 17.9. The Labute approximate surface area is 119 Å². The SMILES string of the molecule is NC1C=NC(Cc2ccccc2)=CN1c1ccccc1. The summed E-state index contributed by atoms with van der Waals surface area (Å²) in [5.41, 5.74) is 9.44. The summed E-state index contributed by atoms with van der Waals surface area (Å²) in [6.45, 7) is 0. The summed E-state index contributed by atoms with van der Waals surface area (Å²) >= 11 is 0. The average molecular weight is 263 g/mol. The zero-order chi connectivity index (χ0) is 13.8. The first-order valence-corrected chi connectivity index (χ1v) is 6.71. The minimum atomic E-state index is -0.211. The van der Waals surface area contributed by atoms with Gasteiger partial charge in [-0.2, -0.15) is 0 Å². The summed E-state index contributed by atoms with van der Waals surface area (Å²) in [7, 11) is 0. The first-order valence-electron chi connectivity index (χ1n) is 6.71. The topological polar surface area (TPSA) is 41.6 Å². The van der Waals surface area contributed by atoms with Crippen LogP contribution < -0.4 is 10.6 Å². The van der Waals surface area contributed by atoms with Crippen LogP contribution in [0.5, 0.6) is 0 Å². The molecule has 100 valence electrons. The van der Waals surface area contributed by atoms with E-state index in [1.54, 1.807) is 6.21 Å². The van der Waals surface area contributed by atoms with Gasteiger partial charge in [-0.25, -0.2) is 0 Å². The van der Waals surface area contributed by atoms with Gasteiger partial charge in [0.1, 0.15) is 6.17 Å². The van der Waals surface area contributed by atoms with Gasteiger partial charge in [-0.05, 0) is 17.7 Å². The number of nitrogens with two attached hydrogens (primary N) is 1. The van der Waals surface area contributed by atoms with Crippen LogP contribution in [-0.4, -0.2) is 12.4 Å². The van der Waals surface area contributed by atoms with Crippen molar-refractivity contribution in [2.75, 3.05) is 4.90 Å². The molecule has 3 heteroatoms. The summed E-state index contributed by atoms with van der Waals surface area (Å²) in [6, 6.07) is 20.5. The van der Waals surface area contributed by atoms with Crippen molar-refractivity contribution in [3.63, 3.8) is 0 Å². The molecule has 3 rings (SSSR count). The highest BCUT2D eigenvalue weighted by Gasteiger charge is 2.15. The minimum absolute atomic E-state index is 0.211. The van der Waals surface area contributed by atoms with Crippen LogP contribution in [0.3, 0.4) is 0 Å². The lowest BCUT2D eigenvalue weighted by Crippen LogP contribution is -2.41. The second-order valence-electron chi connectivity index (χ2n) is 4.79. The number of allylic oxidation sites excluding steroid dienone is 1. The fraction of sp³-hybridized carbons (Fsp3) is 0.118. The number of rotatable bonds is 3. The first-order chi connectivity index (χ1) is 9.83. The molecule has 1 aliphatic heterocycles. The average Bonchev–Trinajstić information content (AvgIpc) is 2.51. The van der Waals surface area contributed by atoms with E-state index in [0.717, 1.165) is 17.8 Å². The van der Waals surface area contributed by atoms with E-state index >= 15 is 0 Å². The Hall–Kier alpha value is -2.39. The van der Waals surface area contributed by atoms with Gasteiger partial charge in [0.2, 0.25) is 0 Å². The van der Waals surface area contributed by atoms with Gasteiger partial charge in [0.05, 0.1) is 5.70 Å². The van der Waals surface area contributed by atoms with Crippen molar-refractivity contribution >= 4 is 11.9 Å². The molecule has 2 N–H and O–H groups in total. The number of hydrogen-bond acceptors (Lipinski definition) is 3. The van der Waals surface area contributed by atoms with E-state index in [-0.39, 0.29) is 6.17 Å². The molecule has 0 spiro atoms. The quantitative estimate of drug-likeness (QED) is 0.925. The van der Waals surface area contributed by atoms with E-state index in [9.17, 15) is 0 Å². The van der Waals surface area contributed by atoms with Gasteiger partial charge >= 0.3 is 0 Å². The number of para-hydroxylation sites is 1. The predicted octanol–water partition coefficient (Wildman–Crippen LogP) is 2.95. The number of anilines is 1. The van der Waals surface area contributed by atoms with Crippen LogP contribution in [-0.2, 0) is 6.42 Å². The fourth-order valence-electron chi connectivity index (χ4n) is 2.27. The molecule has 1 unspecified atom stereocenters. The molecule has 20 heavy (non-hydrogen) atoms. The van der Waals surface area contributed by atoms with Crippen LogP contribution >= 0.6 is 0 Å². The van der Waals surface area contributed by atoms with Crippen molar-refractivity contribution < 1.29 is 0 Å². The van der Waals surface area contributed by atoms with Gasteiger partial charge in [-0.15, -0.1) is 0 Å². The molecule has 0 aliphatic carbocycles. The first kappa shape index (κ1) is 12.6. The zero-order valence-corrected chi connectivity index (χ0v) is 11.2. The van der Waals surface area contributed by atoms with E-state index in [2.05, 4.69) is 29.3 Å². The van der Waals surface area contributed by atoms with Crippen molar-refractivity contribution in [2.45, 2.75) is 12.6 Å². The molecule has 0 radical (unpaired) electrons. The van der Waals surface area contributed by atoms with Crippen molar-refractivity contribution in [1.82, 2.24) is 0 Å². The van der Waals surface area contributed by atoms with Gasteiger partial charge in [-0.3, -0.25) is 4.99 Å². The molecule has 1 heterocycles. The molecule has 2 aromatic rings. The highest BCUT2D eigenvalue weighted by Crippen LogP contribution is 2.20. The predicted molar refractivity (Wildman–Crippen MR) is 83.6 cm³/mol. The smallest absolute Gasteiger partial charge is 0.118 e. The van der Waals surface area contributed by atoms with Gasteiger partial charge in [0.25, 0.3) is 0 Å². The van der Waals surface area contributed by atoms with Crippen molar-refractivity contribution in [2.24, 2.45) is 10.7 Å². The van der Waals surface area contributed by atoms with E-state index < -0.39 is 0 Å². The van der Waals surface area contributed by atoms with Crippen LogP contribution in [0.1, 0.15) is 5.56 Å². The number of aliphatic imine (C=N–C) groups is 1. The molecule has 0 saturated carbocycles. The third-order valence-electron chi connectivity index (χ3n) is 3.28. The van der Waals surface area contributed by atoms with Crippen LogP contribution in [0, 0.1) is 0 Å². The fourth-order valence-corrected chi connectivity index (χ4v) is 2.27. The van der Waals surface area contributed by atoms with Crippen LogP contribution in [0.25, 0.3) is 0 Å². The Morgan fingerprint density at radius 1 is 0.950 bits per heavy atom. The minimum Gasteiger partial charge on any atom is -0.325 e. The molecule has 2 aromatic carbocycles. The Morgan fingerprint density at radius 3 is 2.30 bits per heavy atom. The van der Waals surface area contributed by atoms with E-state index in [1.165, 1.54) is 5.56 Å². The molecule has 0 bridgehead atoms. The highest BCUT2D eigenvalue weighted by atomic mass is 15.2. The maximum absolute atomic E-state index is 6.10. The van der Waals surface area contributed by atoms with Gasteiger partial charge in [0.15, 0.2) is 0 Å². The van der Waals surface area contributed by atoms with Gasteiger partial charge in [-0.1, -0.05) is 48.5 Å². The largest absolute Gasteiger partial charge is 0.325 e. The lowest BCUT2D eigenvalue weighted by Gasteiger charge is -2.28. The molecule has 3 nitrogen and oxygen atoms in total. The maximum Gasteiger partial charge on any atom is 0.118 e. The molecular weight excluding hydrogens is 246 g/mol. The molecule has 1 atom stereocenters. The van der Waals surface area contributed by atoms with Crippen LogP contribution in [0.15, 0.2) is 77.6 Å². The Morgan fingerprint density at radius 2 is 1.60 bits per heavy atom.